The summed E-state index contributed by atoms with van der Waals surface area (Å²) in [5, 5.41) is 0. The molecular weight excluding hydrogens is 170 g/mol. The second kappa shape index (κ2) is 4.22. The van der Waals surface area contributed by atoms with Crippen LogP contribution in [0.4, 0.5) is 0 Å². The van der Waals surface area contributed by atoms with Crippen LogP contribution in [-0.4, -0.2) is 6.04 Å². The first-order valence-corrected chi connectivity index (χ1v) is 6.52. The maximum atomic E-state index is 6.43. The van der Waals surface area contributed by atoms with E-state index in [-0.39, 0.29) is 0 Å². The third kappa shape index (κ3) is 1.84. The van der Waals surface area contributed by atoms with Gasteiger partial charge in [-0.25, -0.2) is 0 Å². The SMILES string of the molecule is CCC1(C(N)CC2CCC2)CCCC1. The minimum atomic E-state index is 0.500. The molecule has 1 nitrogen and oxygen atoms in total. The maximum Gasteiger partial charge on any atom is 0.00980 e. The Hall–Kier alpha value is -0.0400. The monoisotopic (exact) mass is 195 g/mol. The average Bonchev–Trinajstić information content (AvgIpc) is 2.60. The molecule has 14 heavy (non-hydrogen) atoms. The summed E-state index contributed by atoms with van der Waals surface area (Å²) in [4.78, 5) is 0. The fourth-order valence-corrected chi connectivity index (χ4v) is 3.40. The summed E-state index contributed by atoms with van der Waals surface area (Å²) in [5.74, 6) is 0.981. The van der Waals surface area contributed by atoms with E-state index in [1.54, 1.807) is 0 Å². The second-order valence-corrected chi connectivity index (χ2v) is 5.56. The Kier molecular flexibility index (Phi) is 3.16. The molecule has 0 aromatic rings. The van der Waals surface area contributed by atoms with Crippen molar-refractivity contribution in [2.75, 3.05) is 0 Å². The Labute approximate surface area is 88.4 Å². The lowest BCUT2D eigenvalue weighted by atomic mass is 9.70. The quantitative estimate of drug-likeness (QED) is 0.730. The molecule has 0 saturated heterocycles. The van der Waals surface area contributed by atoms with Crippen molar-refractivity contribution in [2.45, 2.75) is 70.8 Å². The van der Waals surface area contributed by atoms with E-state index >= 15 is 0 Å². The minimum absolute atomic E-state index is 0.500. The van der Waals surface area contributed by atoms with Crippen LogP contribution in [0.5, 0.6) is 0 Å². The van der Waals surface area contributed by atoms with Crippen molar-refractivity contribution < 1.29 is 0 Å². The van der Waals surface area contributed by atoms with Gasteiger partial charge in [-0.2, -0.15) is 0 Å². The van der Waals surface area contributed by atoms with Gasteiger partial charge in [0, 0.05) is 6.04 Å². The van der Waals surface area contributed by atoms with Crippen LogP contribution in [0.3, 0.4) is 0 Å². The van der Waals surface area contributed by atoms with Crippen molar-refractivity contribution >= 4 is 0 Å². The van der Waals surface area contributed by atoms with E-state index < -0.39 is 0 Å². The standard InChI is InChI=1S/C13H25N/c1-2-13(8-3-4-9-13)12(14)10-11-6-5-7-11/h11-12H,2-10,14H2,1H3. The van der Waals surface area contributed by atoms with Gasteiger partial charge in [-0.15, -0.1) is 0 Å². The molecule has 0 radical (unpaired) electrons. The van der Waals surface area contributed by atoms with E-state index in [4.69, 9.17) is 5.73 Å². The van der Waals surface area contributed by atoms with Crippen LogP contribution in [-0.2, 0) is 0 Å². The highest BCUT2D eigenvalue weighted by Crippen LogP contribution is 2.46. The van der Waals surface area contributed by atoms with E-state index in [1.165, 1.54) is 57.8 Å². The lowest BCUT2D eigenvalue weighted by molar-refractivity contribution is 0.163. The molecule has 0 heterocycles. The lowest BCUT2D eigenvalue weighted by Gasteiger charge is -2.38. The summed E-state index contributed by atoms with van der Waals surface area (Å²) in [6.45, 7) is 2.34. The third-order valence-corrected chi connectivity index (χ3v) is 4.90. The molecule has 2 N–H and O–H groups in total. The summed E-state index contributed by atoms with van der Waals surface area (Å²) in [5.41, 5.74) is 6.97. The number of nitrogens with two attached hydrogens (primary N) is 1. The topological polar surface area (TPSA) is 26.0 Å². The third-order valence-electron chi connectivity index (χ3n) is 4.90. The van der Waals surface area contributed by atoms with Gasteiger partial charge in [-0.1, -0.05) is 39.0 Å². The molecular formula is C13H25N. The van der Waals surface area contributed by atoms with Gasteiger partial charge < -0.3 is 5.73 Å². The Bertz CT molecular complexity index is 178. The summed E-state index contributed by atoms with van der Waals surface area (Å²) in [6, 6.07) is 0.500. The summed E-state index contributed by atoms with van der Waals surface area (Å²) < 4.78 is 0. The molecule has 2 rings (SSSR count). The zero-order valence-electron chi connectivity index (χ0n) is 9.60. The van der Waals surface area contributed by atoms with Gasteiger partial charge >= 0.3 is 0 Å². The lowest BCUT2D eigenvalue weighted by Crippen LogP contribution is -2.41. The zero-order valence-corrected chi connectivity index (χ0v) is 9.60. The predicted molar refractivity (Wildman–Crippen MR) is 61.1 cm³/mol. The van der Waals surface area contributed by atoms with E-state index in [0.717, 1.165) is 5.92 Å². The summed E-state index contributed by atoms with van der Waals surface area (Å²) in [6.07, 6.45) is 12.6. The van der Waals surface area contributed by atoms with Gasteiger partial charge in [0.05, 0.1) is 0 Å². The van der Waals surface area contributed by atoms with E-state index in [9.17, 15) is 0 Å². The molecule has 0 bridgehead atoms. The first-order valence-electron chi connectivity index (χ1n) is 6.52. The fourth-order valence-electron chi connectivity index (χ4n) is 3.40. The molecule has 1 heteroatoms. The highest BCUT2D eigenvalue weighted by molar-refractivity contribution is 4.93. The Balaban J connectivity index is 1.89. The van der Waals surface area contributed by atoms with Gasteiger partial charge in [0.2, 0.25) is 0 Å². The van der Waals surface area contributed by atoms with Crippen LogP contribution in [0.1, 0.15) is 64.7 Å². The number of hydrogen-bond donors (Lipinski definition) is 1. The highest BCUT2D eigenvalue weighted by atomic mass is 14.7. The average molecular weight is 195 g/mol. The molecule has 0 aliphatic heterocycles. The molecule has 1 atom stereocenters. The normalized spacial score (nSPS) is 28.7. The van der Waals surface area contributed by atoms with Crippen LogP contribution in [0.15, 0.2) is 0 Å². The number of rotatable bonds is 4. The van der Waals surface area contributed by atoms with Gasteiger partial charge in [0.1, 0.15) is 0 Å². The predicted octanol–water partition coefficient (Wildman–Crippen LogP) is 3.47. The zero-order chi connectivity index (χ0) is 10.0. The van der Waals surface area contributed by atoms with Gasteiger partial charge in [0.25, 0.3) is 0 Å². The van der Waals surface area contributed by atoms with Gasteiger partial charge in [-0.05, 0) is 37.0 Å². The summed E-state index contributed by atoms with van der Waals surface area (Å²) in [7, 11) is 0. The molecule has 0 aromatic carbocycles. The van der Waals surface area contributed by atoms with Crippen LogP contribution in [0, 0.1) is 11.3 Å². The molecule has 2 fully saturated rings. The molecule has 2 saturated carbocycles. The Morgan fingerprint density at radius 1 is 1.21 bits per heavy atom. The molecule has 0 aromatic heterocycles. The van der Waals surface area contributed by atoms with Gasteiger partial charge in [-0.3, -0.25) is 0 Å². The van der Waals surface area contributed by atoms with Crippen molar-refractivity contribution in [1.29, 1.82) is 0 Å². The summed E-state index contributed by atoms with van der Waals surface area (Å²) >= 11 is 0. The minimum Gasteiger partial charge on any atom is -0.327 e. The van der Waals surface area contributed by atoms with Crippen LogP contribution >= 0.6 is 0 Å². The molecule has 1 unspecified atom stereocenters. The molecule has 0 spiro atoms. The van der Waals surface area contributed by atoms with E-state index in [0.29, 0.717) is 11.5 Å². The molecule has 2 aliphatic rings. The van der Waals surface area contributed by atoms with E-state index in [2.05, 4.69) is 6.92 Å². The van der Waals surface area contributed by atoms with Crippen LogP contribution in [0.2, 0.25) is 0 Å². The maximum absolute atomic E-state index is 6.43. The molecule has 2 aliphatic carbocycles. The van der Waals surface area contributed by atoms with Crippen LogP contribution in [0.25, 0.3) is 0 Å². The Morgan fingerprint density at radius 2 is 1.86 bits per heavy atom. The van der Waals surface area contributed by atoms with E-state index in [1.807, 2.05) is 0 Å². The number of hydrogen-bond acceptors (Lipinski definition) is 1. The highest BCUT2D eigenvalue weighted by Gasteiger charge is 2.39. The second-order valence-electron chi connectivity index (χ2n) is 5.56. The fraction of sp³-hybridized carbons (Fsp3) is 1.00. The first-order chi connectivity index (χ1) is 6.77. The van der Waals surface area contributed by atoms with Crippen molar-refractivity contribution in [3.8, 4) is 0 Å². The van der Waals surface area contributed by atoms with Crippen molar-refractivity contribution in [3.63, 3.8) is 0 Å². The molecule has 82 valence electrons. The van der Waals surface area contributed by atoms with Gasteiger partial charge in [0.15, 0.2) is 0 Å². The Morgan fingerprint density at radius 3 is 2.29 bits per heavy atom. The van der Waals surface area contributed by atoms with Crippen molar-refractivity contribution in [2.24, 2.45) is 17.1 Å². The van der Waals surface area contributed by atoms with Crippen molar-refractivity contribution in [3.05, 3.63) is 0 Å². The smallest absolute Gasteiger partial charge is 0.00980 e. The van der Waals surface area contributed by atoms with Crippen molar-refractivity contribution in [1.82, 2.24) is 0 Å². The largest absolute Gasteiger partial charge is 0.327 e. The molecule has 0 amide bonds. The van der Waals surface area contributed by atoms with Crippen LogP contribution < -0.4 is 5.73 Å². The first kappa shape index (κ1) is 10.5.